The predicted molar refractivity (Wildman–Crippen MR) is 76.1 cm³/mol. The summed E-state index contributed by atoms with van der Waals surface area (Å²) in [5.41, 5.74) is 0.705. The molecule has 1 aromatic carbocycles. The number of methoxy groups -OCH3 is 2. The summed E-state index contributed by atoms with van der Waals surface area (Å²) >= 11 is 6.25. The molecule has 0 spiro atoms. The minimum atomic E-state index is -0.709. The highest BCUT2D eigenvalue weighted by atomic mass is 35.5. The van der Waals surface area contributed by atoms with E-state index in [-0.39, 0.29) is 5.91 Å². The number of benzene rings is 1. The van der Waals surface area contributed by atoms with Crippen molar-refractivity contribution < 1.29 is 14.3 Å². The molecule has 0 bridgehead atoms. The Hall–Kier alpha value is -1.42. The van der Waals surface area contributed by atoms with E-state index < -0.39 is 5.38 Å². The number of alkyl halides is 1. The molecule has 0 fully saturated rings. The minimum absolute atomic E-state index is 0.0983. The van der Waals surface area contributed by atoms with Crippen molar-refractivity contribution in [3.05, 3.63) is 23.8 Å². The zero-order valence-electron chi connectivity index (χ0n) is 11.8. The molecule has 0 aromatic heterocycles. The van der Waals surface area contributed by atoms with Crippen LogP contribution in [0.25, 0.3) is 0 Å². The monoisotopic (exact) mass is 285 g/mol. The number of hydrogen-bond acceptors (Lipinski definition) is 3. The Morgan fingerprint density at radius 2 is 1.79 bits per heavy atom. The van der Waals surface area contributed by atoms with Crippen LogP contribution in [0.5, 0.6) is 11.5 Å². The summed E-state index contributed by atoms with van der Waals surface area (Å²) in [5.74, 6) is 1.09. The maximum Gasteiger partial charge on any atom is 0.245 e. The van der Waals surface area contributed by atoms with Crippen LogP contribution in [-0.4, -0.2) is 38.1 Å². The van der Waals surface area contributed by atoms with Crippen LogP contribution in [0.2, 0.25) is 0 Å². The number of carbonyl (C=O) groups is 1. The predicted octanol–water partition coefficient (Wildman–Crippen LogP) is 2.85. The highest BCUT2D eigenvalue weighted by Crippen LogP contribution is 2.32. The number of nitrogens with zero attached hydrogens (tertiary/aromatic N) is 1. The van der Waals surface area contributed by atoms with Crippen LogP contribution in [0.15, 0.2) is 18.2 Å². The van der Waals surface area contributed by atoms with Crippen molar-refractivity contribution in [3.63, 3.8) is 0 Å². The number of amides is 1. The van der Waals surface area contributed by atoms with Crippen LogP contribution in [0, 0.1) is 0 Å². The molecule has 19 heavy (non-hydrogen) atoms. The Labute approximate surface area is 119 Å². The summed E-state index contributed by atoms with van der Waals surface area (Å²) < 4.78 is 10.4. The molecular weight excluding hydrogens is 266 g/mol. The molecule has 0 N–H and O–H groups in total. The molecule has 1 rings (SSSR count). The third-order valence-electron chi connectivity index (χ3n) is 2.99. The van der Waals surface area contributed by atoms with E-state index in [9.17, 15) is 4.79 Å². The number of ether oxygens (including phenoxy) is 2. The van der Waals surface area contributed by atoms with Gasteiger partial charge in [-0.2, -0.15) is 0 Å². The van der Waals surface area contributed by atoms with Crippen molar-refractivity contribution in [1.29, 1.82) is 0 Å². The average Bonchev–Trinajstić information content (AvgIpc) is 2.46. The van der Waals surface area contributed by atoms with Gasteiger partial charge in [0.1, 0.15) is 5.38 Å². The second-order valence-corrected chi connectivity index (χ2v) is 4.42. The van der Waals surface area contributed by atoms with E-state index in [1.807, 2.05) is 13.8 Å². The molecule has 1 aromatic rings. The Balaban J connectivity index is 2.99. The van der Waals surface area contributed by atoms with Crippen molar-refractivity contribution in [2.24, 2.45) is 0 Å². The lowest BCUT2D eigenvalue weighted by Gasteiger charge is -2.22. The Kier molecular flexibility index (Phi) is 5.96. The highest BCUT2D eigenvalue weighted by Gasteiger charge is 2.23. The molecule has 106 valence electrons. The number of likely N-dealkylation sites (N-methyl/N-ethyl adjacent to an activating group) is 1. The number of carbonyl (C=O) groups excluding carboxylic acids is 1. The fourth-order valence-electron chi connectivity index (χ4n) is 1.85. The zero-order chi connectivity index (χ0) is 14.4. The van der Waals surface area contributed by atoms with Gasteiger partial charge in [0.05, 0.1) is 14.2 Å². The zero-order valence-corrected chi connectivity index (χ0v) is 12.5. The van der Waals surface area contributed by atoms with Gasteiger partial charge in [0, 0.05) is 13.1 Å². The van der Waals surface area contributed by atoms with E-state index in [2.05, 4.69) is 0 Å². The topological polar surface area (TPSA) is 38.8 Å². The fraction of sp³-hybridized carbons (Fsp3) is 0.500. The van der Waals surface area contributed by atoms with Gasteiger partial charge < -0.3 is 14.4 Å². The second kappa shape index (κ2) is 7.24. The number of halogens is 1. The van der Waals surface area contributed by atoms with Crippen molar-refractivity contribution in [1.82, 2.24) is 4.90 Å². The van der Waals surface area contributed by atoms with E-state index in [1.54, 1.807) is 37.3 Å². The van der Waals surface area contributed by atoms with E-state index >= 15 is 0 Å². The van der Waals surface area contributed by atoms with Gasteiger partial charge in [0.15, 0.2) is 11.5 Å². The Morgan fingerprint density at radius 1 is 1.21 bits per heavy atom. The molecule has 1 atom stereocenters. The van der Waals surface area contributed by atoms with Crippen LogP contribution < -0.4 is 9.47 Å². The average molecular weight is 286 g/mol. The fourth-order valence-corrected chi connectivity index (χ4v) is 2.12. The van der Waals surface area contributed by atoms with E-state index in [0.29, 0.717) is 30.2 Å². The molecule has 1 unspecified atom stereocenters. The molecule has 0 heterocycles. The molecule has 4 nitrogen and oxygen atoms in total. The lowest BCUT2D eigenvalue weighted by atomic mass is 10.1. The van der Waals surface area contributed by atoms with Crippen molar-refractivity contribution in [2.75, 3.05) is 27.3 Å². The normalized spacial score (nSPS) is 11.8. The molecular formula is C14H20ClNO3. The van der Waals surface area contributed by atoms with Crippen LogP contribution in [0.1, 0.15) is 24.8 Å². The molecule has 1 amide bonds. The summed E-state index contributed by atoms with van der Waals surface area (Å²) in [4.78, 5) is 13.9. The number of rotatable bonds is 6. The largest absolute Gasteiger partial charge is 0.493 e. The SMILES string of the molecule is CCN(CC)C(=O)C(Cl)c1ccc(OC)c(OC)c1. The van der Waals surface area contributed by atoms with Crippen LogP contribution in [0.4, 0.5) is 0 Å². The summed E-state index contributed by atoms with van der Waals surface area (Å²) in [6.45, 7) is 5.15. The molecule has 0 saturated carbocycles. The third kappa shape index (κ3) is 3.53. The van der Waals surface area contributed by atoms with Gasteiger partial charge in [0.2, 0.25) is 5.91 Å². The standard InChI is InChI=1S/C14H20ClNO3/c1-5-16(6-2)14(17)13(15)10-7-8-11(18-3)12(9-10)19-4/h7-9,13H,5-6H2,1-4H3. The van der Waals surface area contributed by atoms with Crippen LogP contribution in [0.3, 0.4) is 0 Å². The second-order valence-electron chi connectivity index (χ2n) is 3.99. The Morgan fingerprint density at radius 3 is 2.26 bits per heavy atom. The van der Waals surface area contributed by atoms with E-state index in [4.69, 9.17) is 21.1 Å². The summed E-state index contributed by atoms with van der Waals surface area (Å²) in [6.07, 6.45) is 0. The summed E-state index contributed by atoms with van der Waals surface area (Å²) in [6, 6.07) is 5.26. The first-order chi connectivity index (χ1) is 9.08. The molecule has 0 aliphatic rings. The molecule has 0 radical (unpaired) electrons. The van der Waals surface area contributed by atoms with Gasteiger partial charge in [-0.3, -0.25) is 4.79 Å². The molecule has 0 aliphatic heterocycles. The quantitative estimate of drug-likeness (QED) is 0.755. The van der Waals surface area contributed by atoms with Gasteiger partial charge in [-0.1, -0.05) is 6.07 Å². The molecule has 5 heteroatoms. The van der Waals surface area contributed by atoms with Crippen LogP contribution in [-0.2, 0) is 4.79 Å². The first-order valence-electron chi connectivity index (χ1n) is 6.23. The van der Waals surface area contributed by atoms with Gasteiger partial charge in [0.25, 0.3) is 0 Å². The number of hydrogen-bond donors (Lipinski definition) is 0. The van der Waals surface area contributed by atoms with Crippen molar-refractivity contribution in [3.8, 4) is 11.5 Å². The third-order valence-corrected chi connectivity index (χ3v) is 3.43. The van der Waals surface area contributed by atoms with E-state index in [0.717, 1.165) is 0 Å². The van der Waals surface area contributed by atoms with Gasteiger partial charge >= 0.3 is 0 Å². The van der Waals surface area contributed by atoms with E-state index in [1.165, 1.54) is 0 Å². The lowest BCUT2D eigenvalue weighted by Crippen LogP contribution is -2.33. The summed E-state index contributed by atoms with van der Waals surface area (Å²) in [7, 11) is 3.12. The van der Waals surface area contributed by atoms with Gasteiger partial charge in [-0.15, -0.1) is 11.6 Å². The maximum absolute atomic E-state index is 12.2. The summed E-state index contributed by atoms with van der Waals surface area (Å²) in [5, 5.41) is -0.709. The molecule has 0 aliphatic carbocycles. The first-order valence-corrected chi connectivity index (χ1v) is 6.67. The maximum atomic E-state index is 12.2. The first kappa shape index (κ1) is 15.6. The van der Waals surface area contributed by atoms with Crippen molar-refractivity contribution in [2.45, 2.75) is 19.2 Å². The molecule has 0 saturated heterocycles. The lowest BCUT2D eigenvalue weighted by molar-refractivity contribution is -0.130. The smallest absolute Gasteiger partial charge is 0.245 e. The van der Waals surface area contributed by atoms with Crippen LogP contribution >= 0.6 is 11.6 Å². The Bertz CT molecular complexity index is 433. The van der Waals surface area contributed by atoms with Gasteiger partial charge in [-0.25, -0.2) is 0 Å². The van der Waals surface area contributed by atoms with Crippen molar-refractivity contribution >= 4 is 17.5 Å². The minimum Gasteiger partial charge on any atom is -0.493 e. The highest BCUT2D eigenvalue weighted by molar-refractivity contribution is 6.30. The van der Waals surface area contributed by atoms with Gasteiger partial charge in [-0.05, 0) is 31.5 Å².